The van der Waals surface area contributed by atoms with Gasteiger partial charge in [0.25, 0.3) is 0 Å². The highest BCUT2D eigenvalue weighted by Crippen LogP contribution is 2.18. The van der Waals surface area contributed by atoms with Crippen LogP contribution in [0.3, 0.4) is 0 Å². The molecule has 0 spiro atoms. The van der Waals surface area contributed by atoms with Crippen molar-refractivity contribution in [3.63, 3.8) is 0 Å². The number of urea groups is 1. The molecule has 0 heterocycles. The zero-order chi connectivity index (χ0) is 18.9. The predicted octanol–water partition coefficient (Wildman–Crippen LogP) is 4.35. The van der Waals surface area contributed by atoms with Gasteiger partial charge in [-0.15, -0.1) is 24.8 Å². The number of carbonyl (C=O) groups is 1. The summed E-state index contributed by atoms with van der Waals surface area (Å²) >= 11 is 0. The zero-order valence-electron chi connectivity index (χ0n) is 16.3. The molecule has 0 bridgehead atoms. The van der Waals surface area contributed by atoms with Gasteiger partial charge in [0.2, 0.25) is 0 Å². The number of anilines is 1. The number of ether oxygens (including phenoxy) is 1. The number of carbonyl (C=O) groups excluding carboxylic acids is 1. The van der Waals surface area contributed by atoms with Gasteiger partial charge in [-0.25, -0.2) is 4.79 Å². The molecule has 2 rings (SSSR count). The summed E-state index contributed by atoms with van der Waals surface area (Å²) in [6.07, 6.45) is 0. The lowest BCUT2D eigenvalue weighted by Gasteiger charge is -2.21. The second-order valence-electron chi connectivity index (χ2n) is 6.15. The average Bonchev–Trinajstić information content (AvgIpc) is 2.62. The normalized spacial score (nSPS) is 9.54. The molecule has 0 saturated carbocycles. The number of aryl methyl sites for hydroxylation is 2. The first-order chi connectivity index (χ1) is 12.5. The smallest absolute Gasteiger partial charge is 0.326 e. The summed E-state index contributed by atoms with van der Waals surface area (Å²) in [6.45, 7) is 5.38. The third kappa shape index (κ3) is 8.17. The van der Waals surface area contributed by atoms with Crippen molar-refractivity contribution >= 4 is 42.5 Å². The van der Waals surface area contributed by atoms with E-state index in [4.69, 9.17) is 10.1 Å². The minimum Gasteiger partial charge on any atom is -0.375 e. The maximum atomic E-state index is 12.1. The molecule has 2 aromatic carbocycles. The van der Waals surface area contributed by atoms with E-state index < -0.39 is 6.03 Å². The van der Waals surface area contributed by atoms with E-state index in [0.717, 1.165) is 22.4 Å². The number of likely N-dealkylation sites (N-methyl/N-ethyl adjacent to an activating group) is 1. The van der Waals surface area contributed by atoms with Crippen molar-refractivity contribution in [3.8, 4) is 0 Å². The van der Waals surface area contributed by atoms with Crippen LogP contribution in [0.5, 0.6) is 0 Å². The summed E-state index contributed by atoms with van der Waals surface area (Å²) in [5, 5.41) is 13.3. The molecule has 0 aliphatic heterocycles. The Morgan fingerprint density at radius 1 is 1.04 bits per heavy atom. The van der Waals surface area contributed by atoms with Crippen LogP contribution in [-0.2, 0) is 11.3 Å². The van der Waals surface area contributed by atoms with Crippen LogP contribution in [0.15, 0.2) is 48.5 Å². The third-order valence-corrected chi connectivity index (χ3v) is 4.02. The molecule has 0 fully saturated rings. The molecule has 3 N–H and O–H groups in total. The van der Waals surface area contributed by atoms with Gasteiger partial charge in [-0.3, -0.25) is 10.7 Å². The van der Waals surface area contributed by atoms with Crippen molar-refractivity contribution in [1.29, 1.82) is 5.41 Å². The van der Waals surface area contributed by atoms with Crippen molar-refractivity contribution in [2.45, 2.75) is 20.5 Å². The first kappa shape index (κ1) is 25.7. The number of hydrogen-bond donors (Lipinski definition) is 3. The summed E-state index contributed by atoms with van der Waals surface area (Å²) < 4.78 is 5.61. The quantitative estimate of drug-likeness (QED) is 0.364. The lowest BCUT2D eigenvalue weighted by atomic mass is 10.1. The van der Waals surface area contributed by atoms with Gasteiger partial charge in [-0.1, -0.05) is 48.5 Å². The van der Waals surface area contributed by atoms with Crippen LogP contribution in [-0.4, -0.2) is 37.1 Å². The van der Waals surface area contributed by atoms with Gasteiger partial charge in [0.05, 0.1) is 13.2 Å². The summed E-state index contributed by atoms with van der Waals surface area (Å²) in [5.41, 5.74) is 3.84. The number of rotatable bonds is 6. The number of halogens is 2. The van der Waals surface area contributed by atoms with Gasteiger partial charge in [0.15, 0.2) is 5.96 Å². The Hall–Kier alpha value is -2.28. The Morgan fingerprint density at radius 2 is 1.64 bits per heavy atom. The molecule has 0 aliphatic carbocycles. The van der Waals surface area contributed by atoms with Crippen LogP contribution in [0.4, 0.5) is 10.5 Å². The fraction of sp³-hybridized carbons (Fsp3) is 0.300. The van der Waals surface area contributed by atoms with Crippen LogP contribution in [0, 0.1) is 19.3 Å². The standard InChI is InChI=1S/C20H26N4O2.2ClH/c1-15-8-7-9-16(2)18(15)22-20(25)23-19(21)24(3)12-13-26-14-17-10-5-4-6-11-17;;/h4-11H,12-14H2,1-3H3,(H3,21,22,23,25);2*1H. The Labute approximate surface area is 179 Å². The van der Waals surface area contributed by atoms with Crippen molar-refractivity contribution in [2.75, 3.05) is 25.5 Å². The van der Waals surface area contributed by atoms with Crippen molar-refractivity contribution < 1.29 is 9.53 Å². The molecule has 2 aromatic rings. The molecule has 0 radical (unpaired) electrons. The fourth-order valence-corrected chi connectivity index (χ4v) is 2.44. The van der Waals surface area contributed by atoms with Crippen LogP contribution in [0.1, 0.15) is 16.7 Å². The molecule has 28 heavy (non-hydrogen) atoms. The minimum absolute atomic E-state index is 0. The largest absolute Gasteiger partial charge is 0.375 e. The zero-order valence-corrected chi connectivity index (χ0v) is 18.0. The molecule has 8 heteroatoms. The number of hydrogen-bond acceptors (Lipinski definition) is 3. The molecule has 0 aliphatic rings. The molecule has 0 aromatic heterocycles. The first-order valence-corrected chi connectivity index (χ1v) is 8.53. The highest BCUT2D eigenvalue weighted by molar-refractivity contribution is 6.01. The van der Waals surface area contributed by atoms with E-state index in [9.17, 15) is 4.79 Å². The molecule has 2 amide bonds. The van der Waals surface area contributed by atoms with Crippen molar-refractivity contribution in [2.24, 2.45) is 0 Å². The monoisotopic (exact) mass is 426 g/mol. The minimum atomic E-state index is -0.426. The number of guanidine groups is 1. The van der Waals surface area contributed by atoms with Crippen molar-refractivity contribution in [1.82, 2.24) is 10.2 Å². The van der Waals surface area contributed by atoms with Crippen LogP contribution >= 0.6 is 24.8 Å². The molecule has 0 atom stereocenters. The Kier molecular flexibility index (Phi) is 11.9. The molecular formula is C20H28Cl2N4O2. The number of nitrogens with zero attached hydrogens (tertiary/aromatic N) is 1. The van der Waals surface area contributed by atoms with Gasteiger partial charge in [-0.2, -0.15) is 0 Å². The van der Waals surface area contributed by atoms with E-state index in [1.54, 1.807) is 11.9 Å². The molecule has 154 valence electrons. The van der Waals surface area contributed by atoms with E-state index in [-0.39, 0.29) is 30.8 Å². The molecule has 0 saturated heterocycles. The third-order valence-electron chi connectivity index (χ3n) is 4.02. The summed E-state index contributed by atoms with van der Waals surface area (Å²) in [6, 6.07) is 15.3. The van der Waals surface area contributed by atoms with Gasteiger partial charge >= 0.3 is 6.03 Å². The maximum Gasteiger partial charge on any atom is 0.326 e. The van der Waals surface area contributed by atoms with E-state index in [2.05, 4.69) is 10.6 Å². The van der Waals surface area contributed by atoms with E-state index in [0.29, 0.717) is 19.8 Å². The summed E-state index contributed by atoms with van der Waals surface area (Å²) in [7, 11) is 1.74. The number of nitrogens with one attached hydrogen (secondary N) is 3. The van der Waals surface area contributed by atoms with Crippen LogP contribution < -0.4 is 10.6 Å². The Morgan fingerprint density at radius 3 is 2.25 bits per heavy atom. The second-order valence-corrected chi connectivity index (χ2v) is 6.15. The number of benzene rings is 2. The topological polar surface area (TPSA) is 77.5 Å². The fourth-order valence-electron chi connectivity index (χ4n) is 2.44. The molecular weight excluding hydrogens is 399 g/mol. The second kappa shape index (κ2) is 13.0. The maximum absolute atomic E-state index is 12.1. The summed E-state index contributed by atoms with van der Waals surface area (Å²) in [4.78, 5) is 13.8. The van der Waals surface area contributed by atoms with E-state index in [1.807, 2.05) is 62.4 Å². The van der Waals surface area contributed by atoms with Gasteiger partial charge < -0.3 is 15.0 Å². The number of para-hydroxylation sites is 1. The van der Waals surface area contributed by atoms with Crippen LogP contribution in [0.25, 0.3) is 0 Å². The molecule has 0 unspecified atom stereocenters. The highest BCUT2D eigenvalue weighted by Gasteiger charge is 2.11. The Balaban J connectivity index is 0.00000364. The summed E-state index contributed by atoms with van der Waals surface area (Å²) in [5.74, 6) is 0.0250. The van der Waals surface area contributed by atoms with Gasteiger partial charge in [0.1, 0.15) is 0 Å². The lowest BCUT2D eigenvalue weighted by Crippen LogP contribution is -2.44. The van der Waals surface area contributed by atoms with E-state index in [1.165, 1.54) is 0 Å². The van der Waals surface area contributed by atoms with Crippen molar-refractivity contribution in [3.05, 3.63) is 65.2 Å². The number of amides is 2. The van der Waals surface area contributed by atoms with Gasteiger partial charge in [0, 0.05) is 19.3 Å². The Bertz CT molecular complexity index is 737. The molecule has 6 nitrogen and oxygen atoms in total. The average molecular weight is 427 g/mol. The van der Waals surface area contributed by atoms with Crippen LogP contribution in [0.2, 0.25) is 0 Å². The van der Waals surface area contributed by atoms with E-state index >= 15 is 0 Å². The highest BCUT2D eigenvalue weighted by atomic mass is 35.5. The predicted molar refractivity (Wildman–Crippen MR) is 119 cm³/mol. The SMILES string of the molecule is Cc1cccc(C)c1NC(=O)NC(=N)N(C)CCOCc1ccccc1.Cl.Cl. The van der Waals surface area contributed by atoms with Gasteiger partial charge in [-0.05, 0) is 30.5 Å². The lowest BCUT2D eigenvalue weighted by molar-refractivity contribution is 0.111. The first-order valence-electron chi connectivity index (χ1n) is 8.53.